The zero-order chi connectivity index (χ0) is 17.8. The van der Waals surface area contributed by atoms with Crippen molar-refractivity contribution in [2.45, 2.75) is 13.5 Å². The number of hydrogen-bond acceptors (Lipinski definition) is 4. The summed E-state index contributed by atoms with van der Waals surface area (Å²) in [5, 5.41) is 17.6. The molecule has 0 saturated carbocycles. The lowest BCUT2D eigenvalue weighted by Crippen LogP contribution is -2.12. The molecule has 0 atom stereocenters. The van der Waals surface area contributed by atoms with Crippen LogP contribution in [0.4, 0.5) is 11.5 Å². The second-order valence-corrected chi connectivity index (χ2v) is 5.65. The summed E-state index contributed by atoms with van der Waals surface area (Å²) in [4.78, 5) is 22.3. The molecule has 0 unspecified atom stereocenters. The maximum atomic E-state index is 12.2. The molecule has 7 heteroatoms. The Morgan fingerprint density at radius 1 is 1.20 bits per heavy atom. The van der Waals surface area contributed by atoms with E-state index in [1.165, 1.54) is 29.8 Å². The predicted octanol–water partition coefficient (Wildman–Crippen LogP) is 3.40. The topological polar surface area (TPSA) is 90.1 Å². The van der Waals surface area contributed by atoms with Crippen molar-refractivity contribution in [3.05, 3.63) is 87.6 Å². The van der Waals surface area contributed by atoms with Crippen LogP contribution in [-0.2, 0) is 6.54 Å². The van der Waals surface area contributed by atoms with Crippen LogP contribution in [0.25, 0.3) is 0 Å². The normalized spacial score (nSPS) is 10.4. The second kappa shape index (κ2) is 6.96. The minimum atomic E-state index is -0.505. The third-order valence-electron chi connectivity index (χ3n) is 3.65. The number of nitrogens with zero attached hydrogens (tertiary/aromatic N) is 3. The molecule has 7 nitrogen and oxygen atoms in total. The highest BCUT2D eigenvalue weighted by Crippen LogP contribution is 2.14. The summed E-state index contributed by atoms with van der Waals surface area (Å²) in [5.74, 6) is 0.0618. The van der Waals surface area contributed by atoms with Gasteiger partial charge in [-0.15, -0.1) is 0 Å². The van der Waals surface area contributed by atoms with Crippen LogP contribution in [0.3, 0.4) is 0 Å². The molecular weight excluding hydrogens is 320 g/mol. The van der Waals surface area contributed by atoms with Crippen LogP contribution in [0.1, 0.15) is 21.5 Å². The molecule has 25 heavy (non-hydrogen) atoms. The van der Waals surface area contributed by atoms with E-state index in [1.807, 2.05) is 25.1 Å². The summed E-state index contributed by atoms with van der Waals surface area (Å²) < 4.78 is 1.74. The van der Waals surface area contributed by atoms with Gasteiger partial charge in [0.25, 0.3) is 11.6 Å². The van der Waals surface area contributed by atoms with Gasteiger partial charge in [-0.3, -0.25) is 19.6 Å². The molecule has 1 heterocycles. The van der Waals surface area contributed by atoms with E-state index in [-0.39, 0.29) is 11.6 Å². The molecule has 0 aliphatic heterocycles. The first-order chi connectivity index (χ1) is 12.0. The van der Waals surface area contributed by atoms with Crippen molar-refractivity contribution >= 4 is 17.4 Å². The van der Waals surface area contributed by atoms with Gasteiger partial charge in [0.2, 0.25) is 0 Å². The lowest BCUT2D eigenvalue weighted by Gasteiger charge is -2.04. The number of hydrogen-bond donors (Lipinski definition) is 1. The second-order valence-electron chi connectivity index (χ2n) is 5.65. The fourth-order valence-electron chi connectivity index (χ4n) is 2.44. The number of nitrogens with one attached hydrogen (secondary N) is 1. The lowest BCUT2D eigenvalue weighted by atomic mass is 10.1. The molecule has 1 aromatic heterocycles. The van der Waals surface area contributed by atoms with Gasteiger partial charge in [0.15, 0.2) is 5.82 Å². The highest BCUT2D eigenvalue weighted by molar-refractivity contribution is 6.03. The van der Waals surface area contributed by atoms with Crippen LogP contribution in [0, 0.1) is 17.0 Å². The van der Waals surface area contributed by atoms with Crippen LogP contribution in [0.15, 0.2) is 60.8 Å². The molecule has 0 aliphatic rings. The number of carbonyl (C=O) groups is 1. The van der Waals surface area contributed by atoms with E-state index in [0.29, 0.717) is 17.9 Å². The smallest absolute Gasteiger partial charge is 0.269 e. The van der Waals surface area contributed by atoms with Crippen molar-refractivity contribution in [3.8, 4) is 0 Å². The molecule has 3 aromatic rings. The van der Waals surface area contributed by atoms with E-state index in [2.05, 4.69) is 16.5 Å². The fraction of sp³-hybridized carbons (Fsp3) is 0.111. The zero-order valence-electron chi connectivity index (χ0n) is 13.5. The average Bonchev–Trinajstić information content (AvgIpc) is 3.01. The minimum absolute atomic E-state index is 0.0565. The SMILES string of the molecule is Cc1cccc(Cn2ccc(NC(=O)c3ccc([N+](=O)[O-])cc3)n2)c1. The molecule has 0 bridgehead atoms. The summed E-state index contributed by atoms with van der Waals surface area (Å²) in [7, 11) is 0. The number of nitro benzene ring substituents is 1. The molecule has 126 valence electrons. The standard InChI is InChI=1S/C18H16N4O3/c1-13-3-2-4-14(11-13)12-21-10-9-17(20-21)19-18(23)15-5-7-16(8-6-15)22(24)25/h2-11H,12H2,1H3,(H,19,20,23). The van der Waals surface area contributed by atoms with Crippen molar-refractivity contribution in [1.82, 2.24) is 9.78 Å². The third-order valence-corrected chi connectivity index (χ3v) is 3.65. The molecule has 0 fully saturated rings. The first-order valence-electron chi connectivity index (χ1n) is 7.66. The Morgan fingerprint density at radius 3 is 2.64 bits per heavy atom. The van der Waals surface area contributed by atoms with E-state index in [1.54, 1.807) is 16.9 Å². The molecule has 0 spiro atoms. The minimum Gasteiger partial charge on any atom is -0.305 e. The number of amides is 1. The average molecular weight is 336 g/mol. The maximum Gasteiger partial charge on any atom is 0.269 e. The van der Waals surface area contributed by atoms with Gasteiger partial charge in [0.05, 0.1) is 11.5 Å². The summed E-state index contributed by atoms with van der Waals surface area (Å²) in [6, 6.07) is 15.2. The largest absolute Gasteiger partial charge is 0.305 e. The molecule has 3 rings (SSSR count). The van der Waals surface area contributed by atoms with Crippen molar-refractivity contribution in [3.63, 3.8) is 0 Å². The highest BCUT2D eigenvalue weighted by Gasteiger charge is 2.11. The van der Waals surface area contributed by atoms with Crippen molar-refractivity contribution in [2.75, 3.05) is 5.32 Å². The van der Waals surface area contributed by atoms with Crippen LogP contribution in [0.5, 0.6) is 0 Å². The number of carbonyl (C=O) groups excluding carboxylic acids is 1. The molecule has 0 aliphatic carbocycles. The van der Waals surface area contributed by atoms with Gasteiger partial charge in [0.1, 0.15) is 0 Å². The molecule has 0 radical (unpaired) electrons. The number of aryl methyl sites for hydroxylation is 1. The molecular formula is C18H16N4O3. The Morgan fingerprint density at radius 2 is 1.96 bits per heavy atom. The van der Waals surface area contributed by atoms with Gasteiger partial charge >= 0.3 is 0 Å². The molecule has 0 saturated heterocycles. The number of aromatic nitrogens is 2. The van der Waals surface area contributed by atoms with E-state index in [4.69, 9.17) is 0 Å². The summed E-state index contributed by atoms with van der Waals surface area (Å²) in [6.45, 7) is 2.64. The number of rotatable bonds is 5. The Balaban J connectivity index is 1.66. The number of benzene rings is 2. The Hall–Kier alpha value is -3.48. The lowest BCUT2D eigenvalue weighted by molar-refractivity contribution is -0.384. The fourth-order valence-corrected chi connectivity index (χ4v) is 2.44. The quantitative estimate of drug-likeness (QED) is 0.571. The first kappa shape index (κ1) is 16.4. The Labute approximate surface area is 144 Å². The van der Waals surface area contributed by atoms with Crippen molar-refractivity contribution < 1.29 is 9.72 Å². The van der Waals surface area contributed by atoms with Crippen LogP contribution < -0.4 is 5.32 Å². The van der Waals surface area contributed by atoms with E-state index < -0.39 is 4.92 Å². The molecule has 2 aromatic carbocycles. The number of nitro groups is 1. The van der Waals surface area contributed by atoms with Crippen LogP contribution >= 0.6 is 0 Å². The van der Waals surface area contributed by atoms with Gasteiger partial charge < -0.3 is 5.32 Å². The van der Waals surface area contributed by atoms with Crippen LogP contribution in [0.2, 0.25) is 0 Å². The van der Waals surface area contributed by atoms with Crippen molar-refractivity contribution in [1.29, 1.82) is 0 Å². The highest BCUT2D eigenvalue weighted by atomic mass is 16.6. The van der Waals surface area contributed by atoms with Gasteiger partial charge in [-0.25, -0.2) is 0 Å². The molecule has 1 amide bonds. The maximum absolute atomic E-state index is 12.2. The Bertz CT molecular complexity index is 916. The number of non-ortho nitro benzene ring substituents is 1. The molecule has 1 N–H and O–H groups in total. The van der Waals surface area contributed by atoms with E-state index in [0.717, 1.165) is 5.56 Å². The predicted molar refractivity (Wildman–Crippen MR) is 93.6 cm³/mol. The van der Waals surface area contributed by atoms with Gasteiger partial charge in [-0.1, -0.05) is 29.8 Å². The van der Waals surface area contributed by atoms with E-state index in [9.17, 15) is 14.9 Å². The summed E-state index contributed by atoms with van der Waals surface area (Å²) >= 11 is 0. The Kier molecular flexibility index (Phi) is 4.56. The van der Waals surface area contributed by atoms with Gasteiger partial charge in [0, 0.05) is 30.0 Å². The number of anilines is 1. The van der Waals surface area contributed by atoms with Gasteiger partial charge in [-0.05, 0) is 24.6 Å². The summed E-state index contributed by atoms with van der Waals surface area (Å²) in [6.07, 6.45) is 1.79. The first-order valence-corrected chi connectivity index (χ1v) is 7.66. The third kappa shape index (κ3) is 4.08. The zero-order valence-corrected chi connectivity index (χ0v) is 13.5. The summed E-state index contributed by atoms with van der Waals surface area (Å²) in [5.41, 5.74) is 2.57. The van der Waals surface area contributed by atoms with E-state index >= 15 is 0 Å². The van der Waals surface area contributed by atoms with Gasteiger partial charge in [-0.2, -0.15) is 5.10 Å². The monoisotopic (exact) mass is 336 g/mol. The van der Waals surface area contributed by atoms with Crippen LogP contribution in [-0.4, -0.2) is 20.6 Å². The van der Waals surface area contributed by atoms with Crippen molar-refractivity contribution in [2.24, 2.45) is 0 Å².